The number of fused-ring (bicyclic) bond motifs is 1. The molecule has 0 saturated heterocycles. The highest BCUT2D eigenvalue weighted by atomic mass is 16.5. The van der Waals surface area contributed by atoms with Crippen molar-refractivity contribution in [3.63, 3.8) is 0 Å². The number of nitrogens with one attached hydrogen (secondary N) is 1. The first-order valence-electron chi connectivity index (χ1n) is 8.62. The van der Waals surface area contributed by atoms with Gasteiger partial charge in [-0.15, -0.1) is 0 Å². The molecule has 1 atom stereocenters. The smallest absolute Gasteiger partial charge is 0.271 e. The van der Waals surface area contributed by atoms with Crippen LogP contribution < -0.4 is 10.9 Å². The van der Waals surface area contributed by atoms with Crippen LogP contribution in [-0.2, 0) is 17.7 Å². The number of carbonyl (C=O) groups is 1. The van der Waals surface area contributed by atoms with Crippen LogP contribution in [-0.4, -0.2) is 35.9 Å². The number of hydrogen-bond donors (Lipinski definition) is 1. The number of hydrogen-bond acceptors (Lipinski definition) is 4. The van der Waals surface area contributed by atoms with Gasteiger partial charge < -0.3 is 10.1 Å². The molecule has 0 spiro atoms. The minimum Gasteiger partial charge on any atom is -0.383 e. The van der Waals surface area contributed by atoms with E-state index in [0.29, 0.717) is 25.6 Å². The highest BCUT2D eigenvalue weighted by molar-refractivity contribution is 5.92. The molecule has 0 aliphatic heterocycles. The van der Waals surface area contributed by atoms with E-state index >= 15 is 0 Å². The fraction of sp³-hybridized carbons (Fsp3) is 0.421. The molecule has 6 nitrogen and oxygen atoms in total. The van der Waals surface area contributed by atoms with Crippen molar-refractivity contribution in [1.29, 1.82) is 0 Å². The van der Waals surface area contributed by atoms with Crippen molar-refractivity contribution in [1.82, 2.24) is 15.1 Å². The van der Waals surface area contributed by atoms with Crippen molar-refractivity contribution in [3.8, 4) is 0 Å². The van der Waals surface area contributed by atoms with Crippen LogP contribution in [0.3, 0.4) is 0 Å². The van der Waals surface area contributed by atoms with Crippen molar-refractivity contribution >= 4 is 5.91 Å². The molecule has 132 valence electrons. The Bertz CT molecular complexity index is 800. The molecular formula is C19H23N3O3. The van der Waals surface area contributed by atoms with Crippen molar-refractivity contribution in [2.45, 2.75) is 31.7 Å². The highest BCUT2D eigenvalue weighted by Gasteiger charge is 2.20. The first-order valence-corrected chi connectivity index (χ1v) is 8.62. The Morgan fingerprint density at radius 2 is 2.16 bits per heavy atom. The van der Waals surface area contributed by atoms with Crippen LogP contribution in [0.4, 0.5) is 0 Å². The summed E-state index contributed by atoms with van der Waals surface area (Å²) in [5.41, 5.74) is 2.71. The number of ether oxygens (including phenoxy) is 1. The first kappa shape index (κ1) is 17.4. The fourth-order valence-corrected chi connectivity index (χ4v) is 3.28. The molecule has 1 aromatic carbocycles. The van der Waals surface area contributed by atoms with Crippen molar-refractivity contribution in [2.75, 3.05) is 20.3 Å². The molecule has 0 fully saturated rings. The molecule has 0 bridgehead atoms. The van der Waals surface area contributed by atoms with Gasteiger partial charge in [0.2, 0.25) is 0 Å². The highest BCUT2D eigenvalue weighted by Crippen LogP contribution is 2.30. The van der Waals surface area contributed by atoms with Gasteiger partial charge in [-0.2, -0.15) is 5.10 Å². The Hall–Kier alpha value is -2.47. The zero-order valence-corrected chi connectivity index (χ0v) is 14.4. The van der Waals surface area contributed by atoms with E-state index in [2.05, 4.69) is 28.6 Å². The molecule has 1 aromatic heterocycles. The second-order valence-corrected chi connectivity index (χ2v) is 6.27. The Morgan fingerprint density at radius 1 is 1.32 bits per heavy atom. The summed E-state index contributed by atoms with van der Waals surface area (Å²) in [6.45, 7) is 1.28. The zero-order chi connectivity index (χ0) is 17.6. The largest absolute Gasteiger partial charge is 0.383 e. The molecule has 1 N–H and O–H groups in total. The third kappa shape index (κ3) is 4.14. The first-order chi connectivity index (χ1) is 12.2. The standard InChI is InChI=1S/C19H23N3O3/c1-25-12-11-22-18(23)10-9-17(21-22)19(24)20-13-15-7-4-6-14-5-2-3-8-16(14)15/h2-3,5,8-10,15H,4,6-7,11-13H2,1H3,(H,20,24)/t15-/m1/s1. The van der Waals surface area contributed by atoms with Crippen LogP contribution in [0.1, 0.15) is 40.4 Å². The van der Waals surface area contributed by atoms with Gasteiger partial charge in [0.15, 0.2) is 0 Å². The molecule has 1 amide bonds. The summed E-state index contributed by atoms with van der Waals surface area (Å²) in [5, 5.41) is 7.09. The lowest BCUT2D eigenvalue weighted by Crippen LogP contribution is -2.33. The number of rotatable bonds is 6. The van der Waals surface area contributed by atoms with E-state index in [4.69, 9.17) is 4.74 Å². The molecule has 0 saturated carbocycles. The summed E-state index contributed by atoms with van der Waals surface area (Å²) in [6.07, 6.45) is 3.31. The van der Waals surface area contributed by atoms with Crippen molar-refractivity contribution in [3.05, 3.63) is 63.6 Å². The van der Waals surface area contributed by atoms with E-state index in [1.807, 2.05) is 6.07 Å². The number of aromatic nitrogens is 2. The van der Waals surface area contributed by atoms with Gasteiger partial charge in [-0.1, -0.05) is 24.3 Å². The number of nitrogens with zero attached hydrogens (tertiary/aromatic N) is 2. The summed E-state index contributed by atoms with van der Waals surface area (Å²) in [5.74, 6) is 0.0718. The number of amides is 1. The van der Waals surface area contributed by atoms with Crippen LogP contribution in [0.15, 0.2) is 41.2 Å². The van der Waals surface area contributed by atoms with Crippen LogP contribution in [0.25, 0.3) is 0 Å². The summed E-state index contributed by atoms with van der Waals surface area (Å²) in [4.78, 5) is 24.2. The Kier molecular flexibility index (Phi) is 5.60. The molecule has 0 radical (unpaired) electrons. The summed E-state index contributed by atoms with van der Waals surface area (Å²) >= 11 is 0. The second-order valence-electron chi connectivity index (χ2n) is 6.27. The maximum absolute atomic E-state index is 12.4. The van der Waals surface area contributed by atoms with Crippen molar-refractivity contribution < 1.29 is 9.53 Å². The van der Waals surface area contributed by atoms with Crippen LogP contribution in [0.2, 0.25) is 0 Å². The predicted octanol–water partition coefficient (Wildman–Crippen LogP) is 1.74. The summed E-state index contributed by atoms with van der Waals surface area (Å²) in [6, 6.07) is 11.3. The topological polar surface area (TPSA) is 73.2 Å². The maximum atomic E-state index is 12.4. The third-order valence-corrected chi connectivity index (χ3v) is 4.61. The van der Waals surface area contributed by atoms with Crippen LogP contribution in [0.5, 0.6) is 0 Å². The average molecular weight is 341 g/mol. The monoisotopic (exact) mass is 341 g/mol. The van der Waals surface area contributed by atoms with Crippen molar-refractivity contribution in [2.24, 2.45) is 0 Å². The lowest BCUT2D eigenvalue weighted by atomic mass is 9.83. The van der Waals surface area contributed by atoms with Gasteiger partial charge in [-0.05, 0) is 36.5 Å². The number of aryl methyl sites for hydroxylation is 1. The molecule has 1 heterocycles. The van der Waals surface area contributed by atoms with Gasteiger partial charge in [0.1, 0.15) is 5.69 Å². The number of benzene rings is 1. The van der Waals surface area contributed by atoms with E-state index in [0.717, 1.165) is 19.3 Å². The molecule has 6 heteroatoms. The van der Waals surface area contributed by atoms with E-state index < -0.39 is 0 Å². The maximum Gasteiger partial charge on any atom is 0.271 e. The Balaban J connectivity index is 1.66. The molecule has 1 aliphatic carbocycles. The van der Waals surface area contributed by atoms with Crippen LogP contribution >= 0.6 is 0 Å². The number of carbonyl (C=O) groups excluding carboxylic acids is 1. The van der Waals surface area contributed by atoms with Gasteiger partial charge in [0, 0.05) is 25.6 Å². The van der Waals surface area contributed by atoms with Crippen LogP contribution in [0, 0.1) is 0 Å². The molecular weight excluding hydrogens is 318 g/mol. The van der Waals surface area contributed by atoms with E-state index in [-0.39, 0.29) is 17.2 Å². The predicted molar refractivity (Wildman–Crippen MR) is 94.8 cm³/mol. The summed E-state index contributed by atoms with van der Waals surface area (Å²) < 4.78 is 6.22. The Labute approximate surface area is 146 Å². The van der Waals surface area contributed by atoms with Gasteiger partial charge in [-0.25, -0.2) is 4.68 Å². The molecule has 2 aromatic rings. The zero-order valence-electron chi connectivity index (χ0n) is 14.4. The van der Waals surface area contributed by atoms with E-state index in [1.54, 1.807) is 7.11 Å². The average Bonchev–Trinajstić information content (AvgIpc) is 2.65. The van der Waals surface area contributed by atoms with E-state index in [1.165, 1.54) is 27.9 Å². The quantitative estimate of drug-likeness (QED) is 0.869. The molecule has 3 rings (SSSR count). The fourth-order valence-electron chi connectivity index (χ4n) is 3.28. The number of methoxy groups -OCH3 is 1. The lowest BCUT2D eigenvalue weighted by molar-refractivity contribution is 0.0941. The molecule has 1 aliphatic rings. The van der Waals surface area contributed by atoms with Gasteiger partial charge in [0.05, 0.1) is 13.2 Å². The molecule has 0 unspecified atom stereocenters. The molecule has 25 heavy (non-hydrogen) atoms. The lowest BCUT2D eigenvalue weighted by Gasteiger charge is -2.25. The van der Waals surface area contributed by atoms with E-state index in [9.17, 15) is 9.59 Å². The minimum absolute atomic E-state index is 0.241. The van der Waals surface area contributed by atoms with Gasteiger partial charge in [0.25, 0.3) is 11.5 Å². The van der Waals surface area contributed by atoms with Gasteiger partial charge in [-0.3, -0.25) is 9.59 Å². The Morgan fingerprint density at radius 3 is 3.00 bits per heavy atom. The SMILES string of the molecule is COCCn1nc(C(=O)NC[C@H]2CCCc3ccccc32)ccc1=O. The van der Waals surface area contributed by atoms with Gasteiger partial charge >= 0.3 is 0 Å². The second kappa shape index (κ2) is 8.07. The minimum atomic E-state index is -0.255. The summed E-state index contributed by atoms with van der Waals surface area (Å²) in [7, 11) is 1.56. The normalized spacial score (nSPS) is 16.3. The third-order valence-electron chi connectivity index (χ3n) is 4.61.